The first-order chi connectivity index (χ1) is 14.5. The Morgan fingerprint density at radius 1 is 1.27 bits per heavy atom. The molecule has 9 heteroatoms. The lowest BCUT2D eigenvalue weighted by molar-refractivity contribution is -0.133. The molecule has 0 aliphatic carbocycles. The summed E-state index contributed by atoms with van der Waals surface area (Å²) in [5, 5.41) is 14.9. The van der Waals surface area contributed by atoms with Crippen molar-refractivity contribution in [2.24, 2.45) is 0 Å². The van der Waals surface area contributed by atoms with E-state index in [0.29, 0.717) is 28.9 Å². The maximum atomic E-state index is 10.8. The van der Waals surface area contributed by atoms with E-state index in [1.165, 1.54) is 11.8 Å². The van der Waals surface area contributed by atoms with Crippen LogP contribution >= 0.6 is 34.7 Å². The predicted molar refractivity (Wildman–Crippen MR) is 124 cm³/mol. The van der Waals surface area contributed by atoms with Gasteiger partial charge in [-0.1, -0.05) is 35.9 Å². The van der Waals surface area contributed by atoms with Gasteiger partial charge >= 0.3 is 5.97 Å². The molecule has 30 heavy (non-hydrogen) atoms. The van der Waals surface area contributed by atoms with Crippen molar-refractivity contribution in [1.82, 2.24) is 9.97 Å². The number of fused-ring (bicyclic) bond motifs is 3. The van der Waals surface area contributed by atoms with E-state index in [9.17, 15) is 4.79 Å². The molecule has 0 saturated carbocycles. The van der Waals surface area contributed by atoms with Gasteiger partial charge in [-0.05, 0) is 23.8 Å². The average Bonchev–Trinajstić information content (AvgIpc) is 3.10. The van der Waals surface area contributed by atoms with Crippen molar-refractivity contribution in [3.63, 3.8) is 0 Å². The van der Waals surface area contributed by atoms with E-state index in [1.807, 2.05) is 30.3 Å². The molecule has 6 nitrogen and oxygen atoms in total. The second kappa shape index (κ2) is 9.07. The molecule has 0 spiro atoms. The van der Waals surface area contributed by atoms with Gasteiger partial charge in [-0.25, -0.2) is 9.97 Å². The monoisotopic (exact) mass is 459 g/mol. The van der Waals surface area contributed by atoms with Crippen molar-refractivity contribution < 1.29 is 14.6 Å². The van der Waals surface area contributed by atoms with Crippen LogP contribution in [0.25, 0.3) is 20.3 Å². The Morgan fingerprint density at radius 2 is 2.10 bits per heavy atom. The van der Waals surface area contributed by atoms with Crippen molar-refractivity contribution >= 4 is 66.8 Å². The summed E-state index contributed by atoms with van der Waals surface area (Å²) in [7, 11) is 1.59. The molecule has 0 amide bonds. The summed E-state index contributed by atoms with van der Waals surface area (Å²) < 4.78 is 6.34. The van der Waals surface area contributed by atoms with Crippen LogP contribution in [0.2, 0.25) is 5.02 Å². The SMILES string of the molecule is COc1ccc(CNc2nc(CSCC(=O)O)nc3sc4ccccc4c23)cc1Cl. The molecule has 0 atom stereocenters. The zero-order valence-electron chi connectivity index (χ0n) is 16.0. The fourth-order valence-electron chi connectivity index (χ4n) is 3.10. The molecule has 4 rings (SSSR count). The van der Waals surface area contributed by atoms with Crippen LogP contribution in [0.3, 0.4) is 0 Å². The van der Waals surface area contributed by atoms with Gasteiger partial charge in [0.2, 0.25) is 0 Å². The third-order valence-corrected chi connectivity index (χ3v) is 6.69. The van der Waals surface area contributed by atoms with Gasteiger partial charge in [0, 0.05) is 16.6 Å². The van der Waals surface area contributed by atoms with Gasteiger partial charge in [0.15, 0.2) is 0 Å². The molecule has 4 aromatic rings. The molecule has 0 fully saturated rings. The van der Waals surface area contributed by atoms with E-state index in [-0.39, 0.29) is 5.75 Å². The molecule has 0 radical (unpaired) electrons. The molecule has 154 valence electrons. The third-order valence-electron chi connectivity index (χ3n) is 4.42. The molecular formula is C21H18ClN3O3S2. The van der Waals surface area contributed by atoms with Crippen molar-refractivity contribution in [3.8, 4) is 5.75 Å². The zero-order valence-corrected chi connectivity index (χ0v) is 18.4. The second-order valence-corrected chi connectivity index (χ2v) is 8.90. The summed E-state index contributed by atoms with van der Waals surface area (Å²) in [6, 6.07) is 13.8. The van der Waals surface area contributed by atoms with E-state index in [2.05, 4.69) is 22.4 Å². The van der Waals surface area contributed by atoms with Gasteiger partial charge in [-0.3, -0.25) is 4.79 Å². The van der Waals surface area contributed by atoms with Gasteiger partial charge < -0.3 is 15.2 Å². The lowest BCUT2D eigenvalue weighted by atomic mass is 10.2. The lowest BCUT2D eigenvalue weighted by Gasteiger charge is -2.11. The predicted octanol–water partition coefficient (Wildman–Crippen LogP) is 5.44. The van der Waals surface area contributed by atoms with Crippen LogP contribution < -0.4 is 10.1 Å². The highest BCUT2D eigenvalue weighted by Gasteiger charge is 2.15. The number of nitrogens with zero attached hydrogens (tertiary/aromatic N) is 2. The van der Waals surface area contributed by atoms with E-state index in [0.717, 1.165) is 31.7 Å². The largest absolute Gasteiger partial charge is 0.495 e. The Morgan fingerprint density at radius 3 is 2.87 bits per heavy atom. The molecule has 2 N–H and O–H groups in total. The van der Waals surface area contributed by atoms with Gasteiger partial charge in [0.1, 0.15) is 22.2 Å². The summed E-state index contributed by atoms with van der Waals surface area (Å²) >= 11 is 9.13. The first-order valence-corrected chi connectivity index (χ1v) is 11.4. The number of nitrogens with one attached hydrogen (secondary N) is 1. The third kappa shape index (κ3) is 4.45. The molecule has 2 heterocycles. The minimum atomic E-state index is -0.849. The average molecular weight is 460 g/mol. The van der Waals surface area contributed by atoms with E-state index in [4.69, 9.17) is 26.4 Å². The number of thiophene rings is 1. The lowest BCUT2D eigenvalue weighted by Crippen LogP contribution is -2.05. The molecule has 0 saturated heterocycles. The highest BCUT2D eigenvalue weighted by atomic mass is 35.5. The van der Waals surface area contributed by atoms with Crippen molar-refractivity contribution in [3.05, 3.63) is 58.9 Å². The number of carbonyl (C=O) groups is 1. The quantitative estimate of drug-likeness (QED) is 0.363. The Balaban J connectivity index is 1.68. The van der Waals surface area contributed by atoms with E-state index >= 15 is 0 Å². The number of methoxy groups -OCH3 is 1. The number of aliphatic carboxylic acids is 1. The first kappa shape index (κ1) is 20.7. The molecule has 2 aromatic carbocycles. The highest BCUT2D eigenvalue weighted by Crippen LogP contribution is 2.37. The molecule has 2 aromatic heterocycles. The van der Waals surface area contributed by atoms with Crippen molar-refractivity contribution in [1.29, 1.82) is 0 Å². The standard InChI is InChI=1S/C21H18ClN3O3S2/c1-28-15-7-6-12(8-14(15)22)9-23-20-19-13-4-2-3-5-16(13)30-21(19)25-17(24-20)10-29-11-18(26)27/h2-8H,9-11H2,1H3,(H,26,27)(H,23,24,25). The van der Waals surface area contributed by atoms with Gasteiger partial charge in [0.25, 0.3) is 0 Å². The van der Waals surface area contributed by atoms with Crippen molar-refractivity contribution in [2.75, 3.05) is 18.2 Å². The van der Waals surface area contributed by atoms with Crippen LogP contribution in [0.5, 0.6) is 5.75 Å². The zero-order chi connectivity index (χ0) is 21.1. The maximum absolute atomic E-state index is 10.8. The fourth-order valence-corrected chi connectivity index (χ4v) is 5.06. The maximum Gasteiger partial charge on any atom is 0.313 e. The summed E-state index contributed by atoms with van der Waals surface area (Å²) in [5.41, 5.74) is 0.994. The van der Waals surface area contributed by atoms with E-state index < -0.39 is 5.97 Å². The normalized spacial score (nSPS) is 11.1. The Hall–Kier alpha value is -2.55. The number of halogens is 1. The Bertz CT molecular complexity index is 1230. The van der Waals surface area contributed by atoms with E-state index in [1.54, 1.807) is 18.4 Å². The van der Waals surface area contributed by atoms with Crippen LogP contribution in [0.4, 0.5) is 5.82 Å². The summed E-state index contributed by atoms with van der Waals surface area (Å²) in [6.45, 7) is 0.529. The molecule has 0 aliphatic heterocycles. The number of ether oxygens (including phenoxy) is 1. The number of carboxylic acid groups (broad SMARTS) is 1. The molecule has 0 aliphatic rings. The number of hydrogen-bond donors (Lipinski definition) is 2. The fraction of sp³-hybridized carbons (Fsp3) is 0.190. The number of thioether (sulfide) groups is 1. The van der Waals surface area contributed by atoms with Gasteiger partial charge in [0.05, 0.1) is 29.0 Å². The Kier molecular flexibility index (Phi) is 6.26. The summed E-state index contributed by atoms with van der Waals surface area (Å²) in [4.78, 5) is 21.1. The van der Waals surface area contributed by atoms with Crippen LogP contribution in [0.1, 0.15) is 11.4 Å². The molecule has 0 bridgehead atoms. The van der Waals surface area contributed by atoms with Crippen LogP contribution in [0.15, 0.2) is 42.5 Å². The molecular weight excluding hydrogens is 442 g/mol. The van der Waals surface area contributed by atoms with Crippen molar-refractivity contribution in [2.45, 2.75) is 12.3 Å². The number of anilines is 1. The highest BCUT2D eigenvalue weighted by molar-refractivity contribution is 7.99. The second-order valence-electron chi connectivity index (χ2n) is 6.48. The topological polar surface area (TPSA) is 84.3 Å². The van der Waals surface area contributed by atoms with Crippen LogP contribution in [-0.4, -0.2) is 33.9 Å². The van der Waals surface area contributed by atoms with Gasteiger partial charge in [-0.15, -0.1) is 23.1 Å². The number of rotatable bonds is 8. The number of aromatic nitrogens is 2. The summed E-state index contributed by atoms with van der Waals surface area (Å²) in [6.07, 6.45) is 0. The van der Waals surface area contributed by atoms with Gasteiger partial charge in [-0.2, -0.15) is 0 Å². The molecule has 0 unspecified atom stereocenters. The minimum Gasteiger partial charge on any atom is -0.495 e. The minimum absolute atomic E-state index is 0.0148. The van der Waals surface area contributed by atoms with Crippen LogP contribution in [-0.2, 0) is 17.1 Å². The first-order valence-electron chi connectivity index (χ1n) is 9.09. The number of benzene rings is 2. The smallest absolute Gasteiger partial charge is 0.313 e. The number of carboxylic acids is 1. The van der Waals surface area contributed by atoms with Crippen LogP contribution in [0, 0.1) is 0 Å². The summed E-state index contributed by atoms with van der Waals surface area (Å²) in [5.74, 6) is 1.57. The number of hydrogen-bond acceptors (Lipinski definition) is 7. The Labute approximate surface area is 186 Å².